The highest BCUT2D eigenvalue weighted by Gasteiger charge is 2.27. The van der Waals surface area contributed by atoms with E-state index in [0.717, 1.165) is 30.8 Å². The van der Waals surface area contributed by atoms with E-state index in [0.29, 0.717) is 12.6 Å². The first-order valence-corrected chi connectivity index (χ1v) is 9.29. The van der Waals surface area contributed by atoms with Gasteiger partial charge in [0.1, 0.15) is 18.5 Å². The van der Waals surface area contributed by atoms with Crippen LogP contribution in [0.2, 0.25) is 0 Å². The summed E-state index contributed by atoms with van der Waals surface area (Å²) in [5.41, 5.74) is 2.24. The van der Waals surface area contributed by atoms with E-state index < -0.39 is 0 Å². The predicted molar refractivity (Wildman–Crippen MR) is 101 cm³/mol. The van der Waals surface area contributed by atoms with Crippen molar-refractivity contribution in [2.75, 3.05) is 24.6 Å². The number of morpholine rings is 1. The van der Waals surface area contributed by atoms with Crippen LogP contribution in [0.3, 0.4) is 0 Å². The maximum absolute atomic E-state index is 11.9. The fourth-order valence-corrected chi connectivity index (χ4v) is 3.28. The van der Waals surface area contributed by atoms with Crippen LogP contribution >= 0.6 is 0 Å². The molecule has 0 bridgehead atoms. The third kappa shape index (κ3) is 4.82. The Kier molecular flexibility index (Phi) is 7.00. The SMILES string of the molecule is CC/C=C(/C)N(c1ccc(C2CN(CCC)C(=O)CO2)cn1)C(C)C. The number of hydrogen-bond acceptors (Lipinski definition) is 4. The van der Waals surface area contributed by atoms with E-state index in [1.807, 2.05) is 17.2 Å². The van der Waals surface area contributed by atoms with Crippen LogP contribution in [0.15, 0.2) is 30.1 Å². The molecule has 1 aliphatic rings. The molecule has 0 radical (unpaired) electrons. The van der Waals surface area contributed by atoms with Gasteiger partial charge in [-0.25, -0.2) is 4.98 Å². The molecule has 1 amide bonds. The average molecular weight is 345 g/mol. The minimum absolute atomic E-state index is 0.0778. The molecule has 1 saturated heterocycles. The molecule has 138 valence electrons. The van der Waals surface area contributed by atoms with Crippen molar-refractivity contribution in [2.24, 2.45) is 0 Å². The zero-order chi connectivity index (χ0) is 18.4. The van der Waals surface area contributed by atoms with Crippen molar-refractivity contribution in [3.05, 3.63) is 35.7 Å². The molecule has 0 aromatic carbocycles. The maximum Gasteiger partial charge on any atom is 0.248 e. The quantitative estimate of drug-likeness (QED) is 0.751. The molecule has 0 aliphatic carbocycles. The summed E-state index contributed by atoms with van der Waals surface area (Å²) in [4.78, 5) is 20.7. The van der Waals surface area contributed by atoms with Crippen LogP contribution < -0.4 is 4.90 Å². The van der Waals surface area contributed by atoms with Gasteiger partial charge in [0.25, 0.3) is 0 Å². The van der Waals surface area contributed by atoms with Crippen LogP contribution in [0.5, 0.6) is 0 Å². The van der Waals surface area contributed by atoms with Crippen molar-refractivity contribution in [3.63, 3.8) is 0 Å². The summed E-state index contributed by atoms with van der Waals surface area (Å²) < 4.78 is 5.73. The molecule has 0 spiro atoms. The number of rotatable bonds is 7. The van der Waals surface area contributed by atoms with Crippen LogP contribution in [0.25, 0.3) is 0 Å². The molecule has 0 saturated carbocycles. The molecular formula is C20H31N3O2. The number of amides is 1. The first-order chi connectivity index (χ1) is 12.0. The summed E-state index contributed by atoms with van der Waals surface area (Å²) in [5.74, 6) is 1.02. The van der Waals surface area contributed by atoms with E-state index in [1.54, 1.807) is 0 Å². The molecule has 5 heteroatoms. The first-order valence-electron chi connectivity index (χ1n) is 9.29. The van der Waals surface area contributed by atoms with Gasteiger partial charge in [-0.3, -0.25) is 4.79 Å². The van der Waals surface area contributed by atoms with Crippen LogP contribution in [0.1, 0.15) is 59.1 Å². The number of pyridine rings is 1. The van der Waals surface area contributed by atoms with Crippen LogP contribution in [-0.2, 0) is 9.53 Å². The molecule has 1 aromatic heterocycles. The number of aromatic nitrogens is 1. The molecule has 1 aromatic rings. The van der Waals surface area contributed by atoms with Gasteiger partial charge in [-0.05, 0) is 39.7 Å². The Morgan fingerprint density at radius 2 is 2.20 bits per heavy atom. The highest BCUT2D eigenvalue weighted by molar-refractivity contribution is 5.78. The normalized spacial score (nSPS) is 18.8. The number of hydrogen-bond donors (Lipinski definition) is 0. The first kappa shape index (κ1) is 19.4. The van der Waals surface area contributed by atoms with E-state index in [2.05, 4.69) is 56.6 Å². The number of carbonyl (C=O) groups excluding carboxylic acids is 1. The van der Waals surface area contributed by atoms with E-state index >= 15 is 0 Å². The smallest absolute Gasteiger partial charge is 0.248 e. The summed E-state index contributed by atoms with van der Waals surface area (Å²) >= 11 is 0. The zero-order valence-corrected chi connectivity index (χ0v) is 16.2. The molecule has 0 N–H and O–H groups in total. The Hall–Kier alpha value is -1.88. The molecule has 2 heterocycles. The molecule has 1 fully saturated rings. The standard InChI is InChI=1S/C20H31N3O2/c1-6-8-16(5)23(15(3)4)19-10-9-17(12-21-19)18-13-22(11-7-2)20(24)14-25-18/h8-10,12,15,18H,6-7,11,13-14H2,1-5H3/b16-8-. The van der Waals surface area contributed by atoms with Crippen LogP contribution in [-0.4, -0.2) is 41.5 Å². The molecule has 2 rings (SSSR count). The second-order valence-electron chi connectivity index (χ2n) is 6.81. The summed E-state index contributed by atoms with van der Waals surface area (Å²) in [5, 5.41) is 0. The average Bonchev–Trinajstić information content (AvgIpc) is 2.58. The number of ether oxygens (including phenoxy) is 1. The van der Waals surface area contributed by atoms with Crippen molar-refractivity contribution < 1.29 is 9.53 Å². The van der Waals surface area contributed by atoms with Crippen LogP contribution in [0.4, 0.5) is 5.82 Å². The summed E-state index contributed by atoms with van der Waals surface area (Å²) in [6.07, 6.45) is 5.97. The van der Waals surface area contributed by atoms with Crippen LogP contribution in [0, 0.1) is 0 Å². The Morgan fingerprint density at radius 1 is 1.44 bits per heavy atom. The lowest BCUT2D eigenvalue weighted by atomic mass is 10.1. The lowest BCUT2D eigenvalue weighted by Crippen LogP contribution is -2.43. The fourth-order valence-electron chi connectivity index (χ4n) is 3.28. The highest BCUT2D eigenvalue weighted by Crippen LogP contribution is 2.26. The van der Waals surface area contributed by atoms with Crippen molar-refractivity contribution in [1.82, 2.24) is 9.88 Å². The van der Waals surface area contributed by atoms with Gasteiger partial charge < -0.3 is 14.5 Å². The Bertz CT molecular complexity index is 595. The Balaban J connectivity index is 2.16. The second-order valence-corrected chi connectivity index (χ2v) is 6.81. The van der Waals surface area contributed by atoms with Gasteiger partial charge in [0.05, 0.1) is 6.54 Å². The maximum atomic E-state index is 11.9. The van der Waals surface area contributed by atoms with E-state index in [9.17, 15) is 4.79 Å². The van der Waals surface area contributed by atoms with Crippen molar-refractivity contribution in [3.8, 4) is 0 Å². The molecule has 5 nitrogen and oxygen atoms in total. The van der Waals surface area contributed by atoms with Crippen molar-refractivity contribution >= 4 is 11.7 Å². The lowest BCUT2D eigenvalue weighted by Gasteiger charge is -2.33. The molecular weight excluding hydrogens is 314 g/mol. The monoisotopic (exact) mass is 345 g/mol. The van der Waals surface area contributed by atoms with Crippen molar-refractivity contribution in [1.29, 1.82) is 0 Å². The third-order valence-corrected chi connectivity index (χ3v) is 4.43. The number of anilines is 1. The fraction of sp³-hybridized carbons (Fsp3) is 0.600. The predicted octanol–water partition coefficient (Wildman–Crippen LogP) is 3.92. The lowest BCUT2D eigenvalue weighted by molar-refractivity contribution is -0.149. The minimum Gasteiger partial charge on any atom is -0.362 e. The van der Waals surface area contributed by atoms with E-state index in [-0.39, 0.29) is 18.6 Å². The number of allylic oxidation sites excluding steroid dienone is 2. The van der Waals surface area contributed by atoms with Gasteiger partial charge >= 0.3 is 0 Å². The minimum atomic E-state index is -0.0921. The van der Waals surface area contributed by atoms with Gasteiger partial charge in [0.15, 0.2) is 0 Å². The zero-order valence-electron chi connectivity index (χ0n) is 16.2. The summed E-state index contributed by atoms with van der Waals surface area (Å²) in [6.45, 7) is 12.2. The van der Waals surface area contributed by atoms with Gasteiger partial charge in [0.2, 0.25) is 5.91 Å². The molecule has 1 atom stereocenters. The van der Waals surface area contributed by atoms with Gasteiger partial charge in [-0.15, -0.1) is 0 Å². The van der Waals surface area contributed by atoms with Gasteiger partial charge in [-0.2, -0.15) is 0 Å². The van der Waals surface area contributed by atoms with Crippen molar-refractivity contribution in [2.45, 2.75) is 59.6 Å². The van der Waals surface area contributed by atoms with E-state index in [4.69, 9.17) is 4.74 Å². The topological polar surface area (TPSA) is 45.7 Å². The Morgan fingerprint density at radius 3 is 2.76 bits per heavy atom. The molecule has 1 unspecified atom stereocenters. The molecule has 1 aliphatic heterocycles. The highest BCUT2D eigenvalue weighted by atomic mass is 16.5. The van der Waals surface area contributed by atoms with Gasteiger partial charge in [-0.1, -0.05) is 26.0 Å². The third-order valence-electron chi connectivity index (χ3n) is 4.43. The van der Waals surface area contributed by atoms with Gasteiger partial charge in [0, 0.05) is 30.0 Å². The number of nitrogens with zero attached hydrogens (tertiary/aromatic N) is 3. The summed E-state index contributed by atoms with van der Waals surface area (Å²) in [7, 11) is 0. The second kappa shape index (κ2) is 8.99. The summed E-state index contributed by atoms with van der Waals surface area (Å²) in [6, 6.07) is 4.46. The van der Waals surface area contributed by atoms with E-state index in [1.165, 1.54) is 5.70 Å². The largest absolute Gasteiger partial charge is 0.362 e. The number of carbonyl (C=O) groups is 1. The molecule has 25 heavy (non-hydrogen) atoms. The Labute approximate surface area is 151 Å².